The number of nitrogens with zero attached hydrogens (tertiary/aromatic N) is 4. The molecule has 6 heteroatoms. The summed E-state index contributed by atoms with van der Waals surface area (Å²) in [5.74, 6) is 0.936. The second kappa shape index (κ2) is 5.03. The van der Waals surface area contributed by atoms with Crippen molar-refractivity contribution in [2.75, 3.05) is 0 Å². The lowest BCUT2D eigenvalue weighted by Gasteiger charge is -2.24. The lowest BCUT2D eigenvalue weighted by Crippen LogP contribution is -2.41. The summed E-state index contributed by atoms with van der Waals surface area (Å²) in [5.41, 5.74) is 2.19. The third-order valence-corrected chi connectivity index (χ3v) is 3.46. The standard InChI is InChI=1S/C14H17N5O/c1-9-5-16-12(6-15-9)14(20)18-11-3-4-13-17-10(2)7-19(13)8-11/h5-7,11H,3-4,8H2,1-2H3,(H,18,20)/t11-/m1/s1. The average Bonchev–Trinajstić information content (AvgIpc) is 2.78. The van der Waals surface area contributed by atoms with Crippen LogP contribution in [-0.2, 0) is 13.0 Å². The average molecular weight is 271 g/mol. The van der Waals surface area contributed by atoms with Crippen LogP contribution in [0.4, 0.5) is 0 Å². The van der Waals surface area contributed by atoms with E-state index in [1.807, 2.05) is 20.0 Å². The molecule has 1 aliphatic heterocycles. The van der Waals surface area contributed by atoms with Gasteiger partial charge in [-0.25, -0.2) is 9.97 Å². The Kier molecular flexibility index (Phi) is 3.22. The molecular formula is C14H17N5O. The molecule has 2 aromatic rings. The fraction of sp³-hybridized carbons (Fsp3) is 0.429. The van der Waals surface area contributed by atoms with Crippen molar-refractivity contribution in [1.29, 1.82) is 0 Å². The van der Waals surface area contributed by atoms with Crippen LogP contribution in [0.2, 0.25) is 0 Å². The van der Waals surface area contributed by atoms with Crippen LogP contribution < -0.4 is 5.32 Å². The Morgan fingerprint density at radius 1 is 1.30 bits per heavy atom. The van der Waals surface area contributed by atoms with Gasteiger partial charge in [-0.3, -0.25) is 9.78 Å². The van der Waals surface area contributed by atoms with Crippen LogP contribution in [0.1, 0.15) is 34.1 Å². The first-order valence-corrected chi connectivity index (χ1v) is 6.74. The monoisotopic (exact) mass is 271 g/mol. The van der Waals surface area contributed by atoms with Crippen molar-refractivity contribution in [2.24, 2.45) is 0 Å². The predicted molar refractivity (Wildman–Crippen MR) is 73.3 cm³/mol. The summed E-state index contributed by atoms with van der Waals surface area (Å²) in [4.78, 5) is 24.8. The number of carbonyl (C=O) groups excluding carboxylic acids is 1. The van der Waals surface area contributed by atoms with Crippen LogP contribution in [0.15, 0.2) is 18.6 Å². The molecule has 0 fully saturated rings. The quantitative estimate of drug-likeness (QED) is 0.885. The summed E-state index contributed by atoms with van der Waals surface area (Å²) in [6.07, 6.45) is 6.94. The van der Waals surface area contributed by atoms with E-state index in [-0.39, 0.29) is 11.9 Å². The molecule has 3 rings (SSSR count). The van der Waals surface area contributed by atoms with Gasteiger partial charge in [0, 0.05) is 31.4 Å². The molecule has 1 aliphatic rings. The van der Waals surface area contributed by atoms with Gasteiger partial charge in [-0.05, 0) is 20.3 Å². The fourth-order valence-electron chi connectivity index (χ4n) is 2.47. The number of hydrogen-bond donors (Lipinski definition) is 1. The minimum Gasteiger partial charge on any atom is -0.346 e. The van der Waals surface area contributed by atoms with Gasteiger partial charge in [-0.1, -0.05) is 0 Å². The molecule has 20 heavy (non-hydrogen) atoms. The number of fused-ring (bicyclic) bond motifs is 1. The number of carbonyl (C=O) groups is 1. The highest BCUT2D eigenvalue weighted by Gasteiger charge is 2.22. The SMILES string of the molecule is Cc1cnc(C(=O)N[C@@H]2CCc3nc(C)cn3C2)cn1. The number of aryl methyl sites for hydroxylation is 3. The Hall–Kier alpha value is -2.24. The van der Waals surface area contributed by atoms with Crippen molar-refractivity contribution in [2.45, 2.75) is 39.3 Å². The van der Waals surface area contributed by atoms with Gasteiger partial charge >= 0.3 is 0 Å². The zero-order valence-corrected chi connectivity index (χ0v) is 11.6. The van der Waals surface area contributed by atoms with E-state index in [4.69, 9.17) is 0 Å². The molecule has 1 N–H and O–H groups in total. The minimum absolute atomic E-state index is 0.117. The number of amides is 1. The normalized spacial score (nSPS) is 17.6. The van der Waals surface area contributed by atoms with Crippen LogP contribution in [0, 0.1) is 13.8 Å². The van der Waals surface area contributed by atoms with Gasteiger partial charge in [0.1, 0.15) is 11.5 Å². The first-order chi connectivity index (χ1) is 9.61. The van der Waals surface area contributed by atoms with E-state index in [0.717, 1.165) is 36.6 Å². The van der Waals surface area contributed by atoms with Gasteiger partial charge in [0.25, 0.3) is 5.91 Å². The van der Waals surface area contributed by atoms with Crippen LogP contribution in [0.3, 0.4) is 0 Å². The van der Waals surface area contributed by atoms with E-state index in [2.05, 4.69) is 24.8 Å². The number of hydrogen-bond acceptors (Lipinski definition) is 4. The largest absolute Gasteiger partial charge is 0.346 e. The zero-order chi connectivity index (χ0) is 14.1. The maximum absolute atomic E-state index is 12.1. The summed E-state index contributed by atoms with van der Waals surface area (Å²) in [5, 5.41) is 3.01. The molecule has 0 aromatic carbocycles. The lowest BCUT2D eigenvalue weighted by molar-refractivity contribution is 0.0922. The van der Waals surface area contributed by atoms with E-state index in [1.54, 1.807) is 6.20 Å². The zero-order valence-electron chi connectivity index (χ0n) is 11.6. The van der Waals surface area contributed by atoms with E-state index < -0.39 is 0 Å². The van der Waals surface area contributed by atoms with E-state index in [0.29, 0.717) is 5.69 Å². The van der Waals surface area contributed by atoms with Crippen molar-refractivity contribution < 1.29 is 4.79 Å². The maximum Gasteiger partial charge on any atom is 0.271 e. The topological polar surface area (TPSA) is 72.7 Å². The summed E-state index contributed by atoms with van der Waals surface area (Å²) in [6, 6.07) is 0.117. The highest BCUT2D eigenvalue weighted by Crippen LogP contribution is 2.15. The molecule has 0 radical (unpaired) electrons. The number of imidazole rings is 1. The van der Waals surface area contributed by atoms with E-state index in [9.17, 15) is 4.79 Å². The predicted octanol–water partition coefficient (Wildman–Crippen LogP) is 1.03. The smallest absolute Gasteiger partial charge is 0.271 e. The van der Waals surface area contributed by atoms with Crippen molar-refractivity contribution in [3.8, 4) is 0 Å². The Morgan fingerprint density at radius 2 is 2.15 bits per heavy atom. The summed E-state index contributed by atoms with van der Waals surface area (Å²) in [7, 11) is 0. The minimum atomic E-state index is -0.164. The number of nitrogens with one attached hydrogen (secondary N) is 1. The number of aromatic nitrogens is 4. The van der Waals surface area contributed by atoms with Gasteiger partial charge in [0.05, 0.1) is 17.6 Å². The molecular weight excluding hydrogens is 254 g/mol. The first-order valence-electron chi connectivity index (χ1n) is 6.74. The number of rotatable bonds is 2. The molecule has 0 saturated heterocycles. The van der Waals surface area contributed by atoms with Gasteiger partial charge < -0.3 is 9.88 Å². The molecule has 2 aromatic heterocycles. The Bertz CT molecular complexity index is 632. The molecule has 104 valence electrons. The molecule has 0 unspecified atom stereocenters. The van der Waals surface area contributed by atoms with Gasteiger partial charge in [-0.15, -0.1) is 0 Å². The molecule has 0 saturated carbocycles. The molecule has 0 aliphatic carbocycles. The first kappa shape index (κ1) is 12.8. The van der Waals surface area contributed by atoms with Crippen molar-refractivity contribution in [3.63, 3.8) is 0 Å². The summed E-state index contributed by atoms with van der Waals surface area (Å²) in [6.45, 7) is 4.60. The molecule has 1 amide bonds. The lowest BCUT2D eigenvalue weighted by atomic mass is 10.1. The van der Waals surface area contributed by atoms with Gasteiger partial charge in [0.15, 0.2) is 0 Å². The third-order valence-electron chi connectivity index (χ3n) is 3.46. The summed E-state index contributed by atoms with van der Waals surface area (Å²) < 4.78 is 2.12. The summed E-state index contributed by atoms with van der Waals surface area (Å²) >= 11 is 0. The van der Waals surface area contributed by atoms with E-state index in [1.165, 1.54) is 6.20 Å². The highest BCUT2D eigenvalue weighted by molar-refractivity contribution is 5.92. The van der Waals surface area contributed by atoms with Crippen LogP contribution in [0.5, 0.6) is 0 Å². The fourth-order valence-corrected chi connectivity index (χ4v) is 2.47. The van der Waals surface area contributed by atoms with Gasteiger partial charge in [0.2, 0.25) is 0 Å². The van der Waals surface area contributed by atoms with Crippen molar-refractivity contribution in [3.05, 3.63) is 41.5 Å². The molecule has 1 atom stereocenters. The molecule has 0 bridgehead atoms. The highest BCUT2D eigenvalue weighted by atomic mass is 16.1. The molecule has 3 heterocycles. The maximum atomic E-state index is 12.1. The van der Waals surface area contributed by atoms with Crippen LogP contribution in [0.25, 0.3) is 0 Å². The molecule has 0 spiro atoms. The van der Waals surface area contributed by atoms with Crippen LogP contribution >= 0.6 is 0 Å². The Labute approximate surface area is 117 Å². The Balaban J connectivity index is 1.67. The van der Waals surface area contributed by atoms with E-state index >= 15 is 0 Å². The molecule has 6 nitrogen and oxygen atoms in total. The van der Waals surface area contributed by atoms with Gasteiger partial charge in [-0.2, -0.15) is 0 Å². The van der Waals surface area contributed by atoms with Crippen molar-refractivity contribution in [1.82, 2.24) is 24.8 Å². The van der Waals surface area contributed by atoms with Crippen LogP contribution in [-0.4, -0.2) is 31.5 Å². The Morgan fingerprint density at radius 3 is 2.90 bits per heavy atom. The second-order valence-corrected chi connectivity index (χ2v) is 5.20. The second-order valence-electron chi connectivity index (χ2n) is 5.20. The van der Waals surface area contributed by atoms with Crippen molar-refractivity contribution >= 4 is 5.91 Å². The third kappa shape index (κ3) is 2.54.